The first-order valence-electron chi connectivity index (χ1n) is 12.5. The summed E-state index contributed by atoms with van der Waals surface area (Å²) in [5.74, 6) is -2.21. The molecule has 43 heavy (non-hydrogen) atoms. The Morgan fingerprint density at radius 1 is 0.953 bits per heavy atom. The summed E-state index contributed by atoms with van der Waals surface area (Å²) < 4.78 is 43.7. The number of carbonyl (C=O) groups excluding carboxylic acids is 4. The predicted octanol–water partition coefficient (Wildman–Crippen LogP) is 5.67. The molecule has 0 N–H and O–H groups in total. The second-order valence-electron chi connectivity index (χ2n) is 9.13. The van der Waals surface area contributed by atoms with E-state index in [9.17, 15) is 32.3 Å². The number of ether oxygens (including phenoxy) is 1. The largest absolute Gasteiger partial charge is 0.454 e. The van der Waals surface area contributed by atoms with E-state index in [1.165, 1.54) is 54.7 Å². The van der Waals surface area contributed by atoms with Crippen molar-refractivity contribution in [1.82, 2.24) is 15.2 Å². The van der Waals surface area contributed by atoms with Gasteiger partial charge in [0.05, 0.1) is 28.7 Å². The fraction of sp³-hybridized carbons (Fsp3) is 0.138. The molecular formula is C29H18ClF3N4O5S. The van der Waals surface area contributed by atoms with Crippen molar-refractivity contribution >= 4 is 52.6 Å². The lowest BCUT2D eigenvalue weighted by Gasteiger charge is -2.15. The maximum Gasteiger partial charge on any atom is 0.416 e. The van der Waals surface area contributed by atoms with E-state index in [1.807, 2.05) is 0 Å². The number of hydrogen-bond acceptors (Lipinski definition) is 9. The summed E-state index contributed by atoms with van der Waals surface area (Å²) in [6.45, 7) is -0.485. The zero-order chi connectivity index (χ0) is 30.7. The molecule has 2 amide bonds. The number of imide groups is 1. The zero-order valence-corrected chi connectivity index (χ0v) is 23.3. The number of amides is 2. The van der Waals surface area contributed by atoms with Crippen LogP contribution in [0.3, 0.4) is 0 Å². The number of thioether (sulfide) groups is 1. The van der Waals surface area contributed by atoms with Crippen LogP contribution < -0.4 is 4.90 Å². The summed E-state index contributed by atoms with van der Waals surface area (Å²) in [7, 11) is 0. The maximum absolute atomic E-state index is 13.1. The van der Waals surface area contributed by atoms with E-state index in [4.69, 9.17) is 16.3 Å². The first kappa shape index (κ1) is 29.9. The van der Waals surface area contributed by atoms with Crippen LogP contribution in [0.2, 0.25) is 5.02 Å². The lowest BCUT2D eigenvalue weighted by Crippen LogP contribution is -2.31. The Hall–Kier alpha value is -4.62. The molecule has 1 aromatic heterocycles. The molecule has 0 spiro atoms. The van der Waals surface area contributed by atoms with E-state index in [1.54, 1.807) is 12.1 Å². The topological polar surface area (TPSA) is 119 Å². The third-order valence-corrected chi connectivity index (χ3v) is 7.55. The molecule has 5 rings (SSSR count). The fourth-order valence-corrected chi connectivity index (χ4v) is 5.14. The van der Waals surface area contributed by atoms with E-state index < -0.39 is 47.2 Å². The number of ketones is 1. The van der Waals surface area contributed by atoms with E-state index in [-0.39, 0.29) is 28.5 Å². The average Bonchev–Trinajstić information content (AvgIpc) is 3.27. The number of carbonyl (C=O) groups is 4. The Bertz CT molecular complexity index is 1700. The molecule has 0 bridgehead atoms. The number of anilines is 1. The number of nitrogens with zero attached hydrogens (tertiary/aromatic N) is 4. The van der Waals surface area contributed by atoms with Gasteiger partial charge in [0.15, 0.2) is 12.4 Å². The smallest absolute Gasteiger partial charge is 0.416 e. The number of benzene rings is 3. The number of Topliss-reactive ketones (excluding diaryl/α,β-unsaturated/α-hetero) is 1. The highest BCUT2D eigenvalue weighted by Gasteiger charge is 2.41. The van der Waals surface area contributed by atoms with Crippen molar-refractivity contribution in [3.8, 4) is 11.3 Å². The molecule has 1 atom stereocenters. The third kappa shape index (κ3) is 6.89. The first-order chi connectivity index (χ1) is 20.5. The molecule has 1 fully saturated rings. The first-order valence-corrected chi connectivity index (χ1v) is 13.7. The number of halogens is 4. The Morgan fingerprint density at radius 3 is 2.26 bits per heavy atom. The summed E-state index contributed by atoms with van der Waals surface area (Å²) in [5, 5.41) is 7.37. The molecule has 1 aliphatic heterocycles. The van der Waals surface area contributed by atoms with Gasteiger partial charge in [0.1, 0.15) is 5.25 Å². The van der Waals surface area contributed by atoms with Crippen LogP contribution in [0.4, 0.5) is 18.9 Å². The quantitative estimate of drug-likeness (QED) is 0.138. The van der Waals surface area contributed by atoms with Gasteiger partial charge in [-0.3, -0.25) is 14.4 Å². The van der Waals surface area contributed by atoms with Gasteiger partial charge in [-0.25, -0.2) is 14.7 Å². The third-order valence-electron chi connectivity index (χ3n) is 6.26. The minimum Gasteiger partial charge on any atom is -0.454 e. The zero-order valence-electron chi connectivity index (χ0n) is 21.7. The van der Waals surface area contributed by atoms with Crippen molar-refractivity contribution in [3.63, 3.8) is 0 Å². The van der Waals surface area contributed by atoms with Crippen molar-refractivity contribution in [2.24, 2.45) is 0 Å². The van der Waals surface area contributed by atoms with Gasteiger partial charge in [-0.2, -0.15) is 18.3 Å². The van der Waals surface area contributed by atoms with Gasteiger partial charge >= 0.3 is 12.1 Å². The van der Waals surface area contributed by atoms with Crippen LogP contribution in [0.15, 0.2) is 84.1 Å². The summed E-state index contributed by atoms with van der Waals surface area (Å²) in [5.41, 5.74) is 0.475. The number of hydrogen-bond donors (Lipinski definition) is 0. The molecule has 9 nitrogen and oxygen atoms in total. The molecule has 4 aromatic rings. The Labute approximate surface area is 251 Å². The van der Waals surface area contributed by atoms with Crippen LogP contribution in [0.25, 0.3) is 11.3 Å². The van der Waals surface area contributed by atoms with Crippen molar-refractivity contribution < 1.29 is 37.1 Å². The maximum atomic E-state index is 13.1. The Morgan fingerprint density at radius 2 is 1.60 bits per heavy atom. The molecule has 0 radical (unpaired) electrons. The number of rotatable bonds is 8. The van der Waals surface area contributed by atoms with Gasteiger partial charge in [0.25, 0.3) is 0 Å². The molecule has 1 aliphatic rings. The number of aromatic nitrogens is 3. The van der Waals surface area contributed by atoms with E-state index in [0.29, 0.717) is 16.1 Å². The van der Waals surface area contributed by atoms with Gasteiger partial charge in [-0.05, 0) is 60.7 Å². The van der Waals surface area contributed by atoms with Crippen LogP contribution in [0.1, 0.15) is 32.7 Å². The predicted molar refractivity (Wildman–Crippen MR) is 150 cm³/mol. The highest BCUT2D eigenvalue weighted by atomic mass is 35.5. The molecule has 1 saturated heterocycles. The second-order valence-corrected chi connectivity index (χ2v) is 10.7. The van der Waals surface area contributed by atoms with Crippen molar-refractivity contribution in [2.45, 2.75) is 23.0 Å². The molecule has 2 heterocycles. The minimum absolute atomic E-state index is 0.0663. The van der Waals surface area contributed by atoms with Crippen LogP contribution in [0, 0.1) is 0 Å². The number of esters is 1. The van der Waals surface area contributed by atoms with Crippen LogP contribution in [-0.2, 0) is 20.5 Å². The van der Waals surface area contributed by atoms with Gasteiger partial charge in [-0.15, -0.1) is 5.10 Å². The SMILES string of the molecule is O=C(COC(=O)c1ccc(N2C(=O)CC(Sc3nncc(-c4ccc(C(F)(F)F)cc4)n3)C2=O)cc1)c1ccc(Cl)cc1. The molecule has 218 valence electrons. The van der Waals surface area contributed by atoms with Crippen LogP contribution in [-0.4, -0.2) is 50.6 Å². The Kier molecular flexibility index (Phi) is 8.55. The van der Waals surface area contributed by atoms with Gasteiger partial charge in [0, 0.05) is 22.6 Å². The lowest BCUT2D eigenvalue weighted by atomic mass is 10.1. The van der Waals surface area contributed by atoms with Crippen molar-refractivity contribution in [3.05, 3.63) is 101 Å². The fourth-order valence-electron chi connectivity index (χ4n) is 4.08. The summed E-state index contributed by atoms with van der Waals surface area (Å²) in [4.78, 5) is 55.8. The normalized spacial score (nSPS) is 15.1. The van der Waals surface area contributed by atoms with Gasteiger partial charge < -0.3 is 4.74 Å². The van der Waals surface area contributed by atoms with E-state index >= 15 is 0 Å². The summed E-state index contributed by atoms with van der Waals surface area (Å²) in [6, 6.07) is 16.0. The molecular weight excluding hydrogens is 609 g/mol. The van der Waals surface area contributed by atoms with Crippen molar-refractivity contribution in [2.75, 3.05) is 11.5 Å². The molecule has 0 aliphatic carbocycles. The molecule has 0 saturated carbocycles. The Balaban J connectivity index is 1.21. The molecule has 1 unspecified atom stereocenters. The second kappa shape index (κ2) is 12.3. The number of alkyl halides is 3. The van der Waals surface area contributed by atoms with Crippen molar-refractivity contribution in [1.29, 1.82) is 0 Å². The highest BCUT2D eigenvalue weighted by molar-refractivity contribution is 8.00. The van der Waals surface area contributed by atoms with Gasteiger partial charge in [0.2, 0.25) is 17.0 Å². The van der Waals surface area contributed by atoms with E-state index in [0.717, 1.165) is 28.8 Å². The van der Waals surface area contributed by atoms with Crippen LogP contribution in [0.5, 0.6) is 0 Å². The minimum atomic E-state index is -4.48. The standard InChI is InChI=1S/C29H18ClF3N4O5S/c30-20-9-3-17(4-10-20)23(38)15-42-27(41)18-5-11-21(12-6-18)37-25(39)13-24(26(37)40)43-28-35-22(14-34-36-28)16-1-7-19(8-2-16)29(31,32)33/h1-12,14,24H,13,15H2. The molecule has 14 heteroatoms. The molecule has 3 aromatic carbocycles. The van der Waals surface area contributed by atoms with E-state index in [2.05, 4.69) is 15.2 Å². The highest BCUT2D eigenvalue weighted by Crippen LogP contribution is 2.34. The summed E-state index contributed by atoms with van der Waals surface area (Å²) in [6.07, 6.45) is -3.36. The summed E-state index contributed by atoms with van der Waals surface area (Å²) >= 11 is 6.71. The van der Waals surface area contributed by atoms with Crippen LogP contribution >= 0.6 is 23.4 Å². The monoisotopic (exact) mass is 626 g/mol. The lowest BCUT2D eigenvalue weighted by molar-refractivity contribution is -0.137. The van der Waals surface area contributed by atoms with Gasteiger partial charge in [-0.1, -0.05) is 35.5 Å². The average molecular weight is 627 g/mol.